The second kappa shape index (κ2) is 10.7. The van der Waals surface area contributed by atoms with Crippen molar-refractivity contribution >= 4 is 50.7 Å². The molecule has 0 unspecified atom stereocenters. The number of benzene rings is 5. The monoisotopic (exact) mass is 476 g/mol. The van der Waals surface area contributed by atoms with Crippen molar-refractivity contribution in [3.63, 3.8) is 0 Å². The van der Waals surface area contributed by atoms with E-state index in [0.717, 1.165) is 46.3 Å². The van der Waals surface area contributed by atoms with Crippen molar-refractivity contribution in [3.05, 3.63) is 103 Å². The molecule has 2 amide bonds. The van der Waals surface area contributed by atoms with E-state index in [1.54, 1.807) is 0 Å². The fraction of sp³-hybridized carbons (Fsp3) is 0.129. The Morgan fingerprint density at radius 1 is 0.686 bits per heavy atom. The highest BCUT2D eigenvalue weighted by Gasteiger charge is 2.18. The quantitative estimate of drug-likeness (QED) is 0.182. The first-order valence-corrected chi connectivity index (χ1v) is 13.0. The molecule has 5 aromatic carbocycles. The number of thioether (sulfide) groups is 1. The van der Waals surface area contributed by atoms with Gasteiger partial charge < -0.3 is 10.6 Å². The lowest BCUT2D eigenvalue weighted by atomic mass is 9.92. The fourth-order valence-electron chi connectivity index (χ4n) is 4.41. The van der Waals surface area contributed by atoms with Gasteiger partial charge in [0.1, 0.15) is 0 Å². The number of carbonyl (C=O) groups is 1. The molecule has 0 heterocycles. The Hall–Kier alpha value is -3.76. The summed E-state index contributed by atoms with van der Waals surface area (Å²) in [5.41, 5.74) is 3.79. The fourth-order valence-corrected chi connectivity index (χ4v) is 5.58. The van der Waals surface area contributed by atoms with E-state index in [4.69, 9.17) is 0 Å². The minimum absolute atomic E-state index is 0.256. The summed E-state index contributed by atoms with van der Waals surface area (Å²) in [5, 5.41) is 10.8. The predicted molar refractivity (Wildman–Crippen MR) is 152 cm³/mol. The van der Waals surface area contributed by atoms with Crippen LogP contribution in [0.3, 0.4) is 0 Å². The van der Waals surface area contributed by atoms with Crippen LogP contribution in [-0.2, 0) is 0 Å². The van der Waals surface area contributed by atoms with Gasteiger partial charge in [0.05, 0.1) is 5.69 Å². The number of hydrogen-bond donors (Lipinski definition) is 2. The number of rotatable bonds is 7. The van der Waals surface area contributed by atoms with Gasteiger partial charge in [-0.05, 0) is 58.0 Å². The molecule has 3 nitrogen and oxygen atoms in total. The van der Waals surface area contributed by atoms with E-state index in [1.807, 2.05) is 48.2 Å². The molecule has 0 spiro atoms. The van der Waals surface area contributed by atoms with Gasteiger partial charge in [0.25, 0.3) is 0 Å². The molecular formula is C31H28N2OS. The van der Waals surface area contributed by atoms with Crippen LogP contribution in [0, 0.1) is 0 Å². The van der Waals surface area contributed by atoms with Crippen molar-refractivity contribution in [2.24, 2.45) is 0 Å². The number of anilines is 2. The summed E-state index contributed by atoms with van der Waals surface area (Å²) in [7, 11) is 0. The van der Waals surface area contributed by atoms with E-state index in [-0.39, 0.29) is 6.03 Å². The third-order valence-corrected chi connectivity index (χ3v) is 7.25. The number of hydrogen-bond acceptors (Lipinski definition) is 2. The first-order valence-electron chi connectivity index (χ1n) is 12.0. The molecule has 0 radical (unpaired) electrons. The molecule has 0 bridgehead atoms. The van der Waals surface area contributed by atoms with Crippen molar-refractivity contribution < 1.29 is 4.79 Å². The SMILES string of the molecule is CCCCSc1ccc2ccccc2c1-c1c(NC(=O)Nc2ccccc2)ccc2ccccc12. The van der Waals surface area contributed by atoms with Gasteiger partial charge in [0.2, 0.25) is 0 Å². The highest BCUT2D eigenvalue weighted by molar-refractivity contribution is 7.99. The van der Waals surface area contributed by atoms with Crippen molar-refractivity contribution in [2.75, 3.05) is 16.4 Å². The number of para-hydroxylation sites is 1. The molecule has 2 N–H and O–H groups in total. The second-order valence-corrected chi connectivity index (χ2v) is 9.65. The topological polar surface area (TPSA) is 41.1 Å². The summed E-state index contributed by atoms with van der Waals surface area (Å²) in [5.74, 6) is 1.06. The third-order valence-electron chi connectivity index (χ3n) is 6.11. The van der Waals surface area contributed by atoms with E-state index < -0.39 is 0 Å². The average Bonchev–Trinajstić information content (AvgIpc) is 2.89. The standard InChI is InChI=1S/C31H28N2OS/c1-2-3-21-35-28-20-18-23-12-8-10-16-26(23)30(28)29-25-15-9-7-11-22(25)17-19-27(29)33-31(34)32-24-13-5-4-6-14-24/h4-20H,2-3,21H2,1H3,(H2,32,33,34). The Morgan fingerprint density at radius 2 is 1.31 bits per heavy atom. The zero-order valence-corrected chi connectivity index (χ0v) is 20.6. The molecule has 35 heavy (non-hydrogen) atoms. The minimum atomic E-state index is -0.256. The maximum Gasteiger partial charge on any atom is 0.323 e. The normalized spacial score (nSPS) is 11.0. The molecule has 174 valence electrons. The zero-order chi connectivity index (χ0) is 24.0. The minimum Gasteiger partial charge on any atom is -0.308 e. The van der Waals surface area contributed by atoms with Crippen LogP contribution >= 0.6 is 11.8 Å². The summed E-state index contributed by atoms with van der Waals surface area (Å²) < 4.78 is 0. The first-order chi connectivity index (χ1) is 17.2. The summed E-state index contributed by atoms with van der Waals surface area (Å²) >= 11 is 1.89. The first kappa shape index (κ1) is 23.0. The third kappa shape index (κ3) is 5.03. The highest BCUT2D eigenvalue weighted by atomic mass is 32.2. The molecule has 0 saturated carbocycles. The molecular weight excluding hydrogens is 448 g/mol. The van der Waals surface area contributed by atoms with Crippen LogP contribution in [0.15, 0.2) is 108 Å². The van der Waals surface area contributed by atoms with Gasteiger partial charge in [0, 0.05) is 21.7 Å². The van der Waals surface area contributed by atoms with E-state index in [0.29, 0.717) is 0 Å². The largest absolute Gasteiger partial charge is 0.323 e. The van der Waals surface area contributed by atoms with Gasteiger partial charge in [-0.15, -0.1) is 11.8 Å². The van der Waals surface area contributed by atoms with Gasteiger partial charge in [-0.2, -0.15) is 0 Å². The van der Waals surface area contributed by atoms with Gasteiger partial charge in [-0.3, -0.25) is 0 Å². The number of unbranched alkanes of at least 4 members (excludes halogenated alkanes) is 1. The Labute approximate surface area is 210 Å². The Bertz CT molecular complexity index is 1480. The highest BCUT2D eigenvalue weighted by Crippen LogP contribution is 2.44. The van der Waals surface area contributed by atoms with Gasteiger partial charge in [-0.25, -0.2) is 4.79 Å². The van der Waals surface area contributed by atoms with E-state index in [1.165, 1.54) is 21.2 Å². The van der Waals surface area contributed by atoms with Crippen LogP contribution < -0.4 is 10.6 Å². The molecule has 5 rings (SSSR count). The summed E-state index contributed by atoms with van der Waals surface area (Å²) in [4.78, 5) is 14.3. The Morgan fingerprint density at radius 3 is 2.03 bits per heavy atom. The molecule has 0 aromatic heterocycles. The summed E-state index contributed by atoms with van der Waals surface area (Å²) in [6, 6.07) is 34.7. The lowest BCUT2D eigenvalue weighted by Gasteiger charge is -2.19. The average molecular weight is 477 g/mol. The van der Waals surface area contributed by atoms with Crippen LogP contribution in [0.4, 0.5) is 16.2 Å². The zero-order valence-electron chi connectivity index (χ0n) is 19.8. The van der Waals surface area contributed by atoms with Gasteiger partial charge in [-0.1, -0.05) is 92.2 Å². The van der Waals surface area contributed by atoms with E-state index >= 15 is 0 Å². The number of amides is 2. The number of fused-ring (bicyclic) bond motifs is 2. The number of nitrogens with one attached hydrogen (secondary N) is 2. The van der Waals surface area contributed by atoms with E-state index in [2.05, 4.69) is 84.3 Å². The molecule has 0 saturated heterocycles. The smallest absolute Gasteiger partial charge is 0.308 e. The number of urea groups is 1. The molecule has 5 aromatic rings. The van der Waals surface area contributed by atoms with Gasteiger partial charge in [0.15, 0.2) is 0 Å². The molecule has 0 aliphatic carbocycles. The maximum atomic E-state index is 13.0. The van der Waals surface area contributed by atoms with Crippen molar-refractivity contribution in [1.29, 1.82) is 0 Å². The Balaban J connectivity index is 1.68. The summed E-state index contributed by atoms with van der Waals surface area (Å²) in [6.07, 6.45) is 2.33. The molecule has 0 atom stereocenters. The molecule has 0 fully saturated rings. The van der Waals surface area contributed by atoms with Crippen LogP contribution in [0.1, 0.15) is 19.8 Å². The second-order valence-electron chi connectivity index (χ2n) is 8.52. The number of carbonyl (C=O) groups excluding carboxylic acids is 1. The van der Waals surface area contributed by atoms with Crippen LogP contribution in [0.2, 0.25) is 0 Å². The van der Waals surface area contributed by atoms with Crippen LogP contribution in [-0.4, -0.2) is 11.8 Å². The molecule has 0 aliphatic heterocycles. The Kier molecular flexibility index (Phi) is 7.01. The van der Waals surface area contributed by atoms with Gasteiger partial charge >= 0.3 is 6.03 Å². The van der Waals surface area contributed by atoms with Crippen LogP contribution in [0.5, 0.6) is 0 Å². The van der Waals surface area contributed by atoms with Crippen molar-refractivity contribution in [2.45, 2.75) is 24.7 Å². The maximum absolute atomic E-state index is 13.0. The molecule has 4 heteroatoms. The molecule has 0 aliphatic rings. The van der Waals surface area contributed by atoms with Crippen molar-refractivity contribution in [3.8, 4) is 11.1 Å². The van der Waals surface area contributed by atoms with Crippen molar-refractivity contribution in [1.82, 2.24) is 0 Å². The lowest BCUT2D eigenvalue weighted by molar-refractivity contribution is 0.262. The summed E-state index contributed by atoms with van der Waals surface area (Å²) in [6.45, 7) is 2.22. The van der Waals surface area contributed by atoms with Crippen LogP contribution in [0.25, 0.3) is 32.7 Å². The lowest BCUT2D eigenvalue weighted by Crippen LogP contribution is -2.19. The van der Waals surface area contributed by atoms with E-state index in [9.17, 15) is 4.79 Å². The predicted octanol–water partition coefficient (Wildman–Crippen LogP) is 9.20.